The lowest BCUT2D eigenvalue weighted by atomic mass is 10.0. The Morgan fingerprint density at radius 1 is 0.760 bits per heavy atom. The lowest BCUT2D eigenvalue weighted by molar-refractivity contribution is 0.0444. The molecule has 0 spiro atoms. The van der Waals surface area contributed by atoms with Crippen LogP contribution in [0.25, 0.3) is 21.8 Å². The standard InChI is InChI=1S/C21H13NO3/c23-20-16-11-10-15-14-8-4-5-9-17(14)22(12-13-6-2-1-3-7-13)19(15)18(16)21(24)25-20/h1-11H,12H2. The van der Waals surface area contributed by atoms with Crippen molar-refractivity contribution in [3.8, 4) is 0 Å². The molecule has 0 saturated heterocycles. The van der Waals surface area contributed by atoms with Gasteiger partial charge in [0.1, 0.15) is 0 Å². The van der Waals surface area contributed by atoms with Gasteiger partial charge in [-0.2, -0.15) is 0 Å². The van der Waals surface area contributed by atoms with Gasteiger partial charge >= 0.3 is 11.9 Å². The molecule has 4 aromatic rings. The molecular formula is C21H13NO3. The molecule has 0 amide bonds. The highest BCUT2D eigenvalue weighted by atomic mass is 16.6. The molecule has 0 bridgehead atoms. The second kappa shape index (κ2) is 5.05. The van der Waals surface area contributed by atoms with E-state index in [-0.39, 0.29) is 0 Å². The molecule has 25 heavy (non-hydrogen) atoms. The van der Waals surface area contributed by atoms with Crippen molar-refractivity contribution in [1.29, 1.82) is 0 Å². The minimum atomic E-state index is -0.571. The van der Waals surface area contributed by atoms with Crippen LogP contribution in [0.15, 0.2) is 66.7 Å². The fourth-order valence-electron chi connectivity index (χ4n) is 3.64. The SMILES string of the molecule is O=C1OC(=O)c2c1ccc1c3ccccc3n(Cc3ccccc3)c21. The van der Waals surface area contributed by atoms with Crippen LogP contribution in [0.2, 0.25) is 0 Å². The molecule has 3 aromatic carbocycles. The van der Waals surface area contributed by atoms with E-state index >= 15 is 0 Å². The van der Waals surface area contributed by atoms with Crippen molar-refractivity contribution in [2.45, 2.75) is 6.54 Å². The van der Waals surface area contributed by atoms with Gasteiger partial charge in [0.05, 0.1) is 16.6 Å². The fraction of sp³-hybridized carbons (Fsp3) is 0.0476. The van der Waals surface area contributed by atoms with Crippen molar-refractivity contribution in [2.75, 3.05) is 0 Å². The monoisotopic (exact) mass is 327 g/mol. The van der Waals surface area contributed by atoms with Crippen LogP contribution in [0.4, 0.5) is 0 Å². The van der Waals surface area contributed by atoms with Crippen LogP contribution in [-0.4, -0.2) is 16.5 Å². The molecule has 0 atom stereocenters. The summed E-state index contributed by atoms with van der Waals surface area (Å²) >= 11 is 0. The normalized spacial score (nSPS) is 13.4. The number of hydrogen-bond acceptors (Lipinski definition) is 3. The number of para-hydroxylation sites is 1. The number of esters is 2. The number of aromatic nitrogens is 1. The molecule has 0 fully saturated rings. The number of carbonyl (C=O) groups is 2. The lowest BCUT2D eigenvalue weighted by Gasteiger charge is -2.09. The molecule has 0 radical (unpaired) electrons. The lowest BCUT2D eigenvalue weighted by Crippen LogP contribution is -2.04. The summed E-state index contributed by atoms with van der Waals surface area (Å²) < 4.78 is 6.95. The van der Waals surface area contributed by atoms with Gasteiger partial charge in [-0.15, -0.1) is 0 Å². The zero-order valence-corrected chi connectivity index (χ0v) is 13.2. The van der Waals surface area contributed by atoms with Crippen LogP contribution in [0, 0.1) is 0 Å². The molecule has 1 aliphatic rings. The molecule has 0 N–H and O–H groups in total. The van der Waals surface area contributed by atoms with Crippen LogP contribution in [0.5, 0.6) is 0 Å². The van der Waals surface area contributed by atoms with E-state index in [0.29, 0.717) is 17.7 Å². The molecule has 4 heteroatoms. The van der Waals surface area contributed by atoms with Crippen molar-refractivity contribution in [3.05, 3.63) is 83.4 Å². The Labute approximate surface area is 143 Å². The summed E-state index contributed by atoms with van der Waals surface area (Å²) in [5.41, 5.74) is 3.63. The van der Waals surface area contributed by atoms with E-state index in [4.69, 9.17) is 4.74 Å². The van der Waals surface area contributed by atoms with E-state index in [1.165, 1.54) is 0 Å². The third kappa shape index (κ3) is 1.94. The van der Waals surface area contributed by atoms with Crippen molar-refractivity contribution < 1.29 is 14.3 Å². The Hall–Kier alpha value is -3.40. The zero-order chi connectivity index (χ0) is 17.0. The Balaban J connectivity index is 1.90. The maximum absolute atomic E-state index is 12.3. The summed E-state index contributed by atoms with van der Waals surface area (Å²) in [6, 6.07) is 21.7. The first kappa shape index (κ1) is 14.0. The van der Waals surface area contributed by atoms with Gasteiger partial charge < -0.3 is 9.30 Å². The van der Waals surface area contributed by atoms with Gasteiger partial charge in [0.2, 0.25) is 0 Å². The smallest absolute Gasteiger partial charge is 0.349 e. The molecule has 0 aliphatic carbocycles. The van der Waals surface area contributed by atoms with E-state index < -0.39 is 11.9 Å². The highest BCUT2D eigenvalue weighted by molar-refractivity contribution is 6.24. The molecule has 2 heterocycles. The van der Waals surface area contributed by atoms with Crippen LogP contribution >= 0.6 is 0 Å². The Morgan fingerprint density at radius 2 is 1.52 bits per heavy atom. The van der Waals surface area contributed by atoms with Gasteiger partial charge in [-0.3, -0.25) is 0 Å². The second-order valence-corrected chi connectivity index (χ2v) is 6.15. The number of nitrogens with zero attached hydrogens (tertiary/aromatic N) is 1. The van der Waals surface area contributed by atoms with Crippen molar-refractivity contribution in [3.63, 3.8) is 0 Å². The number of fused-ring (bicyclic) bond motifs is 5. The van der Waals surface area contributed by atoms with Gasteiger partial charge in [-0.05, 0) is 17.7 Å². The quantitative estimate of drug-likeness (QED) is 0.410. The number of hydrogen-bond donors (Lipinski definition) is 0. The Bertz CT molecular complexity index is 1170. The van der Waals surface area contributed by atoms with E-state index in [1.54, 1.807) is 6.07 Å². The molecule has 1 aromatic heterocycles. The highest BCUT2D eigenvalue weighted by Crippen LogP contribution is 2.36. The minimum absolute atomic E-state index is 0.342. The van der Waals surface area contributed by atoms with Crippen molar-refractivity contribution in [1.82, 2.24) is 4.57 Å². The molecule has 5 rings (SSSR count). The minimum Gasteiger partial charge on any atom is -0.386 e. The maximum atomic E-state index is 12.3. The number of carbonyl (C=O) groups excluding carboxylic acids is 2. The average Bonchev–Trinajstić information content (AvgIpc) is 3.11. The number of benzene rings is 3. The largest absolute Gasteiger partial charge is 0.386 e. The summed E-state index contributed by atoms with van der Waals surface area (Å²) in [7, 11) is 0. The van der Waals surface area contributed by atoms with E-state index in [1.807, 2.05) is 60.7 Å². The first-order valence-corrected chi connectivity index (χ1v) is 8.08. The molecule has 0 unspecified atom stereocenters. The Kier molecular flexibility index (Phi) is 2.82. The van der Waals surface area contributed by atoms with E-state index in [0.717, 1.165) is 27.4 Å². The van der Waals surface area contributed by atoms with Gasteiger partial charge in [0, 0.05) is 22.8 Å². The van der Waals surface area contributed by atoms with Gasteiger partial charge in [-0.1, -0.05) is 54.6 Å². The van der Waals surface area contributed by atoms with Crippen molar-refractivity contribution >= 4 is 33.7 Å². The summed E-state index contributed by atoms with van der Waals surface area (Å²) in [5, 5.41) is 2.01. The highest BCUT2D eigenvalue weighted by Gasteiger charge is 2.33. The van der Waals surface area contributed by atoms with Gasteiger partial charge in [0.15, 0.2) is 0 Å². The maximum Gasteiger partial charge on any atom is 0.349 e. The molecule has 120 valence electrons. The summed E-state index contributed by atoms with van der Waals surface area (Å²) in [5.74, 6) is -1.14. The zero-order valence-electron chi connectivity index (χ0n) is 13.2. The molecular weight excluding hydrogens is 314 g/mol. The van der Waals surface area contributed by atoms with Crippen molar-refractivity contribution in [2.24, 2.45) is 0 Å². The topological polar surface area (TPSA) is 48.3 Å². The summed E-state index contributed by atoms with van der Waals surface area (Å²) in [4.78, 5) is 24.3. The average molecular weight is 327 g/mol. The van der Waals surface area contributed by atoms with E-state index in [9.17, 15) is 9.59 Å². The van der Waals surface area contributed by atoms with Crippen LogP contribution in [0.3, 0.4) is 0 Å². The predicted molar refractivity (Wildman–Crippen MR) is 94.7 cm³/mol. The molecule has 1 aliphatic heterocycles. The van der Waals surface area contributed by atoms with Gasteiger partial charge in [0.25, 0.3) is 0 Å². The number of rotatable bonds is 2. The second-order valence-electron chi connectivity index (χ2n) is 6.15. The third-order valence-electron chi connectivity index (χ3n) is 4.73. The summed E-state index contributed by atoms with van der Waals surface area (Å²) in [6.07, 6.45) is 0. The number of cyclic esters (lactones) is 2. The molecule has 4 nitrogen and oxygen atoms in total. The fourth-order valence-corrected chi connectivity index (χ4v) is 3.64. The van der Waals surface area contributed by atoms with Crippen LogP contribution < -0.4 is 0 Å². The van der Waals surface area contributed by atoms with Crippen LogP contribution in [-0.2, 0) is 11.3 Å². The number of ether oxygens (including phenoxy) is 1. The first-order valence-electron chi connectivity index (χ1n) is 8.08. The van der Waals surface area contributed by atoms with Gasteiger partial charge in [-0.25, -0.2) is 9.59 Å². The van der Waals surface area contributed by atoms with Crippen LogP contribution in [0.1, 0.15) is 26.3 Å². The third-order valence-corrected chi connectivity index (χ3v) is 4.73. The summed E-state index contributed by atoms with van der Waals surface area (Å²) in [6.45, 7) is 0.614. The predicted octanol–water partition coefficient (Wildman–Crippen LogP) is 4.15. The first-order chi connectivity index (χ1) is 12.2. The molecule has 0 saturated carbocycles. The Morgan fingerprint density at radius 3 is 2.36 bits per heavy atom. The van der Waals surface area contributed by atoms with E-state index in [2.05, 4.69) is 4.57 Å².